The van der Waals surface area contributed by atoms with Gasteiger partial charge in [0.25, 0.3) is 0 Å². The van der Waals surface area contributed by atoms with E-state index in [1.54, 1.807) is 60.7 Å². The van der Waals surface area contributed by atoms with E-state index >= 15 is 0 Å². The first-order chi connectivity index (χ1) is 12.1. The highest BCUT2D eigenvalue weighted by molar-refractivity contribution is 7.52. The molecule has 0 aliphatic heterocycles. The van der Waals surface area contributed by atoms with E-state index in [2.05, 4.69) is 11.7 Å². The van der Waals surface area contributed by atoms with Crippen molar-refractivity contribution in [2.24, 2.45) is 0 Å². The Morgan fingerprint density at radius 2 is 1.56 bits per heavy atom. The molecule has 1 atom stereocenters. The number of methoxy groups -OCH3 is 1. The van der Waals surface area contributed by atoms with Crippen molar-refractivity contribution in [3.63, 3.8) is 0 Å². The summed E-state index contributed by atoms with van der Waals surface area (Å²) in [5.74, 6) is 0.0985. The van der Waals surface area contributed by atoms with Crippen LogP contribution in [0.25, 0.3) is 0 Å². The van der Waals surface area contributed by atoms with Crippen LogP contribution in [0.15, 0.2) is 73.3 Å². The molecule has 0 fully saturated rings. The standard InChI is InChI=1S/C18H20NO5P/c1-3-10-17(18(20)22-2)19-25(21,23-15-11-6-4-7-12-15)24-16-13-8-5-9-14-16/h3-9,11-14,17H,1,10H2,2H3,(H,19,21). The van der Waals surface area contributed by atoms with E-state index in [9.17, 15) is 9.36 Å². The van der Waals surface area contributed by atoms with E-state index in [0.717, 1.165) is 0 Å². The maximum absolute atomic E-state index is 13.3. The lowest BCUT2D eigenvalue weighted by Gasteiger charge is -2.24. The molecule has 0 radical (unpaired) electrons. The van der Waals surface area contributed by atoms with Gasteiger partial charge in [-0.15, -0.1) is 6.58 Å². The van der Waals surface area contributed by atoms with Crippen LogP contribution >= 0.6 is 7.75 Å². The molecule has 0 saturated heterocycles. The molecule has 0 heterocycles. The van der Waals surface area contributed by atoms with Crippen LogP contribution in [0.2, 0.25) is 0 Å². The monoisotopic (exact) mass is 361 g/mol. The first kappa shape index (κ1) is 18.8. The highest BCUT2D eigenvalue weighted by atomic mass is 31.2. The molecule has 1 unspecified atom stereocenters. The quantitative estimate of drug-likeness (QED) is 0.414. The van der Waals surface area contributed by atoms with Gasteiger partial charge >= 0.3 is 13.7 Å². The van der Waals surface area contributed by atoms with Crippen molar-refractivity contribution in [2.75, 3.05) is 7.11 Å². The SMILES string of the molecule is C=CCC(NP(=O)(Oc1ccccc1)Oc1ccccc1)C(=O)OC. The van der Waals surface area contributed by atoms with Gasteiger partial charge in [-0.05, 0) is 30.7 Å². The summed E-state index contributed by atoms with van der Waals surface area (Å²) < 4.78 is 29.1. The third kappa shape index (κ3) is 5.78. The molecule has 2 aromatic carbocycles. The molecule has 0 saturated carbocycles. The van der Waals surface area contributed by atoms with Crippen molar-refractivity contribution < 1.29 is 23.1 Å². The Labute approximate surface area is 147 Å². The van der Waals surface area contributed by atoms with Crippen molar-refractivity contribution in [2.45, 2.75) is 12.5 Å². The molecule has 7 heteroatoms. The molecule has 2 aromatic rings. The van der Waals surface area contributed by atoms with Crippen LogP contribution < -0.4 is 14.1 Å². The molecule has 0 aromatic heterocycles. The van der Waals surface area contributed by atoms with Crippen LogP contribution in [0.3, 0.4) is 0 Å². The molecular formula is C18H20NO5P. The molecule has 6 nitrogen and oxygen atoms in total. The van der Waals surface area contributed by atoms with Gasteiger partial charge < -0.3 is 13.8 Å². The largest absolute Gasteiger partial charge is 0.513 e. The van der Waals surface area contributed by atoms with Crippen LogP contribution in [0.1, 0.15) is 6.42 Å². The Kier molecular flexibility index (Phi) is 6.81. The van der Waals surface area contributed by atoms with Gasteiger partial charge in [-0.25, -0.2) is 4.57 Å². The molecule has 0 aliphatic carbocycles. The Morgan fingerprint density at radius 3 is 1.96 bits per heavy atom. The highest BCUT2D eigenvalue weighted by Gasteiger charge is 2.35. The number of rotatable bonds is 9. The van der Waals surface area contributed by atoms with Crippen molar-refractivity contribution in [1.29, 1.82) is 0 Å². The smallest absolute Gasteiger partial charge is 0.468 e. The van der Waals surface area contributed by atoms with Crippen LogP contribution in [0, 0.1) is 0 Å². The summed E-state index contributed by atoms with van der Waals surface area (Å²) in [4.78, 5) is 11.9. The van der Waals surface area contributed by atoms with E-state index in [-0.39, 0.29) is 6.42 Å². The molecule has 2 rings (SSSR count). The number of para-hydroxylation sites is 2. The lowest BCUT2D eigenvalue weighted by molar-refractivity contribution is -0.142. The fourth-order valence-corrected chi connectivity index (χ4v) is 3.55. The van der Waals surface area contributed by atoms with Gasteiger partial charge in [-0.2, -0.15) is 5.09 Å². The van der Waals surface area contributed by atoms with Gasteiger partial charge in [0.15, 0.2) is 0 Å². The topological polar surface area (TPSA) is 73.9 Å². The highest BCUT2D eigenvalue weighted by Crippen LogP contribution is 2.45. The van der Waals surface area contributed by atoms with E-state index in [4.69, 9.17) is 13.8 Å². The fraction of sp³-hybridized carbons (Fsp3) is 0.167. The zero-order chi connectivity index (χ0) is 18.1. The first-order valence-electron chi connectivity index (χ1n) is 7.62. The number of hydrogen-bond donors (Lipinski definition) is 1. The predicted octanol–water partition coefficient (Wildman–Crippen LogP) is 3.96. The minimum atomic E-state index is -3.91. The van der Waals surface area contributed by atoms with Crippen molar-refractivity contribution >= 4 is 13.7 Å². The molecule has 0 spiro atoms. The minimum Gasteiger partial charge on any atom is -0.468 e. The molecule has 25 heavy (non-hydrogen) atoms. The lowest BCUT2D eigenvalue weighted by Crippen LogP contribution is -2.37. The van der Waals surface area contributed by atoms with Crippen LogP contribution in [0.4, 0.5) is 0 Å². The first-order valence-corrected chi connectivity index (χ1v) is 9.16. The number of esters is 1. The fourth-order valence-electron chi connectivity index (χ4n) is 2.01. The lowest BCUT2D eigenvalue weighted by atomic mass is 10.2. The zero-order valence-electron chi connectivity index (χ0n) is 13.8. The summed E-state index contributed by atoms with van der Waals surface area (Å²) in [5, 5.41) is 2.64. The molecular weight excluding hydrogens is 341 g/mol. The minimum absolute atomic E-state index is 0.201. The van der Waals surface area contributed by atoms with E-state index in [0.29, 0.717) is 11.5 Å². The second-order valence-corrected chi connectivity index (χ2v) is 6.65. The second kappa shape index (κ2) is 9.06. The third-order valence-corrected chi connectivity index (χ3v) is 4.67. The van der Waals surface area contributed by atoms with Crippen LogP contribution in [0.5, 0.6) is 11.5 Å². The molecule has 132 valence electrons. The maximum atomic E-state index is 13.3. The Bertz CT molecular complexity index is 690. The number of carbonyl (C=O) groups is 1. The summed E-state index contributed by atoms with van der Waals surface area (Å²) in [6, 6.07) is 16.2. The third-order valence-electron chi connectivity index (χ3n) is 3.14. The number of ether oxygens (including phenoxy) is 1. The van der Waals surface area contributed by atoms with Crippen molar-refractivity contribution in [3.05, 3.63) is 73.3 Å². The van der Waals surface area contributed by atoms with Gasteiger partial charge in [-0.1, -0.05) is 42.5 Å². The van der Waals surface area contributed by atoms with Crippen molar-refractivity contribution in [1.82, 2.24) is 5.09 Å². The molecule has 0 amide bonds. The summed E-state index contributed by atoms with van der Waals surface area (Å²) >= 11 is 0. The van der Waals surface area contributed by atoms with E-state index in [1.165, 1.54) is 13.2 Å². The molecule has 0 aliphatic rings. The Hall–Kier alpha value is -2.56. The van der Waals surface area contributed by atoms with E-state index < -0.39 is 19.8 Å². The Morgan fingerprint density at radius 1 is 1.08 bits per heavy atom. The van der Waals surface area contributed by atoms with Crippen LogP contribution in [-0.4, -0.2) is 19.1 Å². The number of nitrogens with one attached hydrogen (secondary N) is 1. The number of hydrogen-bond acceptors (Lipinski definition) is 5. The van der Waals surface area contributed by atoms with Gasteiger partial charge in [0.1, 0.15) is 17.5 Å². The van der Waals surface area contributed by atoms with Crippen LogP contribution in [-0.2, 0) is 14.1 Å². The van der Waals surface area contributed by atoms with Crippen molar-refractivity contribution in [3.8, 4) is 11.5 Å². The van der Waals surface area contributed by atoms with Gasteiger partial charge in [0.05, 0.1) is 7.11 Å². The average Bonchev–Trinajstić information content (AvgIpc) is 2.62. The number of carbonyl (C=O) groups excluding carboxylic acids is 1. The van der Waals surface area contributed by atoms with Gasteiger partial charge in [-0.3, -0.25) is 4.79 Å². The van der Waals surface area contributed by atoms with E-state index in [1.807, 2.05) is 0 Å². The summed E-state index contributed by atoms with van der Waals surface area (Å²) in [6.45, 7) is 3.60. The van der Waals surface area contributed by atoms with Gasteiger partial charge in [0.2, 0.25) is 0 Å². The number of benzene rings is 2. The summed E-state index contributed by atoms with van der Waals surface area (Å²) in [6.07, 6.45) is 1.72. The Balaban J connectivity index is 2.28. The molecule has 1 N–H and O–H groups in total. The predicted molar refractivity (Wildman–Crippen MR) is 95.5 cm³/mol. The second-order valence-electron chi connectivity index (χ2n) is 5.04. The average molecular weight is 361 g/mol. The normalized spacial score (nSPS) is 12.0. The van der Waals surface area contributed by atoms with Gasteiger partial charge in [0, 0.05) is 0 Å². The summed E-state index contributed by atoms with van der Waals surface area (Å²) in [5.41, 5.74) is 0. The molecule has 0 bridgehead atoms. The zero-order valence-corrected chi connectivity index (χ0v) is 14.7. The maximum Gasteiger partial charge on any atom is 0.513 e. The summed E-state index contributed by atoms with van der Waals surface area (Å²) in [7, 11) is -2.66.